The number of hydrogen-bond acceptors (Lipinski definition) is 6. The standard InChI is InChI=1S/C11H18N4O4S/c1-7-8(2)14-15-10(9(7)11(16)17)12-5-4-6-13-20(3,18)19/h13H,4-6H2,1-3H3,(H,12,15)(H,16,17). The van der Waals surface area contributed by atoms with Gasteiger partial charge in [-0.2, -0.15) is 5.10 Å². The van der Waals surface area contributed by atoms with Gasteiger partial charge in [-0.3, -0.25) is 0 Å². The number of aromatic carboxylic acids is 1. The minimum absolute atomic E-state index is 0.0913. The molecule has 0 fully saturated rings. The van der Waals surface area contributed by atoms with Crippen LogP contribution in [-0.2, 0) is 10.0 Å². The molecule has 0 amide bonds. The first kappa shape index (κ1) is 16.3. The second kappa shape index (κ2) is 6.62. The Hall–Kier alpha value is -1.74. The van der Waals surface area contributed by atoms with Gasteiger partial charge in [0, 0.05) is 13.1 Å². The number of aryl methyl sites for hydroxylation is 1. The molecule has 0 saturated heterocycles. The third kappa shape index (κ3) is 4.74. The van der Waals surface area contributed by atoms with Crippen molar-refractivity contribution in [2.75, 3.05) is 24.7 Å². The zero-order valence-electron chi connectivity index (χ0n) is 11.6. The van der Waals surface area contributed by atoms with E-state index in [0.717, 1.165) is 6.26 Å². The van der Waals surface area contributed by atoms with Gasteiger partial charge >= 0.3 is 5.97 Å². The molecule has 0 aliphatic carbocycles. The number of carboxylic acids is 1. The summed E-state index contributed by atoms with van der Waals surface area (Å²) in [6.45, 7) is 4.02. The fourth-order valence-electron chi connectivity index (χ4n) is 1.55. The smallest absolute Gasteiger partial charge is 0.339 e. The average molecular weight is 302 g/mol. The summed E-state index contributed by atoms with van der Waals surface area (Å²) in [5.74, 6) is -0.878. The molecule has 0 atom stereocenters. The maximum absolute atomic E-state index is 11.2. The molecular formula is C11H18N4O4S. The first-order valence-corrected chi connectivity index (χ1v) is 7.87. The summed E-state index contributed by atoms with van der Waals surface area (Å²) in [5.41, 5.74) is 1.21. The first-order chi connectivity index (χ1) is 9.22. The first-order valence-electron chi connectivity index (χ1n) is 5.98. The van der Waals surface area contributed by atoms with Crippen molar-refractivity contribution >= 4 is 21.8 Å². The molecule has 3 N–H and O–H groups in total. The highest BCUT2D eigenvalue weighted by molar-refractivity contribution is 7.88. The van der Waals surface area contributed by atoms with Crippen molar-refractivity contribution in [2.45, 2.75) is 20.3 Å². The average Bonchev–Trinajstić information content (AvgIpc) is 2.31. The summed E-state index contributed by atoms with van der Waals surface area (Å²) in [4.78, 5) is 11.2. The fourth-order valence-corrected chi connectivity index (χ4v) is 2.06. The number of nitrogens with one attached hydrogen (secondary N) is 2. The van der Waals surface area contributed by atoms with E-state index in [1.807, 2.05) is 0 Å². The van der Waals surface area contributed by atoms with E-state index in [9.17, 15) is 18.3 Å². The van der Waals surface area contributed by atoms with Crippen LogP contribution < -0.4 is 10.0 Å². The van der Waals surface area contributed by atoms with Crippen molar-refractivity contribution in [1.29, 1.82) is 0 Å². The van der Waals surface area contributed by atoms with Gasteiger partial charge in [-0.25, -0.2) is 17.9 Å². The molecule has 8 nitrogen and oxygen atoms in total. The predicted molar refractivity (Wildman–Crippen MR) is 74.4 cm³/mol. The van der Waals surface area contributed by atoms with Gasteiger partial charge in [0.15, 0.2) is 5.82 Å². The lowest BCUT2D eigenvalue weighted by Gasteiger charge is -2.11. The number of rotatable bonds is 7. The third-order valence-electron chi connectivity index (χ3n) is 2.68. The number of nitrogens with zero attached hydrogens (tertiary/aromatic N) is 2. The Kier molecular flexibility index (Phi) is 5.40. The predicted octanol–water partition coefficient (Wildman–Crippen LogP) is 0.143. The van der Waals surface area contributed by atoms with Gasteiger partial charge in [0.05, 0.1) is 11.9 Å². The molecule has 1 heterocycles. The van der Waals surface area contributed by atoms with Gasteiger partial charge in [-0.1, -0.05) is 0 Å². The maximum atomic E-state index is 11.2. The summed E-state index contributed by atoms with van der Waals surface area (Å²) in [6, 6.07) is 0. The summed E-state index contributed by atoms with van der Waals surface area (Å²) in [7, 11) is -3.20. The highest BCUT2D eigenvalue weighted by atomic mass is 32.2. The van der Waals surface area contributed by atoms with Gasteiger partial charge in [-0.15, -0.1) is 5.10 Å². The summed E-state index contributed by atoms with van der Waals surface area (Å²) >= 11 is 0. The molecule has 0 spiro atoms. The fraction of sp³-hybridized carbons (Fsp3) is 0.545. The van der Waals surface area contributed by atoms with Crippen molar-refractivity contribution < 1.29 is 18.3 Å². The molecule has 0 unspecified atom stereocenters. The quantitative estimate of drug-likeness (QED) is 0.612. The van der Waals surface area contributed by atoms with Crippen LogP contribution in [0.1, 0.15) is 28.0 Å². The minimum atomic E-state index is -3.20. The van der Waals surface area contributed by atoms with Crippen molar-refractivity contribution in [3.63, 3.8) is 0 Å². The molecule has 0 aliphatic rings. The Balaban J connectivity index is 2.65. The lowest BCUT2D eigenvalue weighted by atomic mass is 10.1. The number of hydrogen-bond donors (Lipinski definition) is 3. The largest absolute Gasteiger partial charge is 0.478 e. The van der Waals surface area contributed by atoms with Crippen LogP contribution >= 0.6 is 0 Å². The van der Waals surface area contributed by atoms with Gasteiger partial charge < -0.3 is 10.4 Å². The van der Waals surface area contributed by atoms with Crippen LogP contribution in [-0.4, -0.2) is 49.0 Å². The molecule has 20 heavy (non-hydrogen) atoms. The van der Waals surface area contributed by atoms with Crippen LogP contribution in [0.25, 0.3) is 0 Å². The van der Waals surface area contributed by atoms with Crippen LogP contribution in [0.4, 0.5) is 5.82 Å². The van der Waals surface area contributed by atoms with Crippen LogP contribution in [0.3, 0.4) is 0 Å². The Bertz CT molecular complexity index is 601. The number of anilines is 1. The summed E-state index contributed by atoms with van der Waals surface area (Å²) < 4.78 is 24.1. The van der Waals surface area contributed by atoms with Crippen molar-refractivity contribution in [3.05, 3.63) is 16.8 Å². The number of carboxylic acid groups (broad SMARTS) is 1. The number of carbonyl (C=O) groups is 1. The van der Waals surface area contributed by atoms with Crippen LogP contribution in [0, 0.1) is 13.8 Å². The lowest BCUT2D eigenvalue weighted by Crippen LogP contribution is -2.24. The molecular weight excluding hydrogens is 284 g/mol. The minimum Gasteiger partial charge on any atom is -0.478 e. The Morgan fingerprint density at radius 2 is 1.90 bits per heavy atom. The van der Waals surface area contributed by atoms with Crippen LogP contribution in [0.15, 0.2) is 0 Å². The lowest BCUT2D eigenvalue weighted by molar-refractivity contribution is 0.0696. The molecule has 1 aromatic heterocycles. The van der Waals surface area contributed by atoms with Gasteiger partial charge in [0.2, 0.25) is 10.0 Å². The molecule has 0 saturated carbocycles. The normalized spacial score (nSPS) is 11.3. The Labute approximate surface area is 117 Å². The van der Waals surface area contributed by atoms with Crippen LogP contribution in [0.2, 0.25) is 0 Å². The highest BCUT2D eigenvalue weighted by Gasteiger charge is 2.17. The monoisotopic (exact) mass is 302 g/mol. The zero-order valence-corrected chi connectivity index (χ0v) is 12.4. The van der Waals surface area contributed by atoms with Gasteiger partial charge in [0.1, 0.15) is 5.56 Å². The van der Waals surface area contributed by atoms with Crippen LogP contribution in [0.5, 0.6) is 0 Å². The number of aromatic nitrogens is 2. The third-order valence-corrected chi connectivity index (χ3v) is 3.41. The van der Waals surface area contributed by atoms with Crippen molar-refractivity contribution in [1.82, 2.24) is 14.9 Å². The summed E-state index contributed by atoms with van der Waals surface area (Å²) in [6.07, 6.45) is 1.58. The van der Waals surface area contributed by atoms with E-state index in [1.54, 1.807) is 13.8 Å². The van der Waals surface area contributed by atoms with E-state index in [4.69, 9.17) is 0 Å². The highest BCUT2D eigenvalue weighted by Crippen LogP contribution is 2.18. The van der Waals surface area contributed by atoms with E-state index in [2.05, 4.69) is 20.2 Å². The van der Waals surface area contributed by atoms with E-state index in [-0.39, 0.29) is 17.9 Å². The molecule has 0 aromatic carbocycles. The van der Waals surface area contributed by atoms with Gasteiger partial charge in [-0.05, 0) is 25.8 Å². The maximum Gasteiger partial charge on any atom is 0.339 e. The van der Waals surface area contributed by atoms with Gasteiger partial charge in [0.25, 0.3) is 0 Å². The number of sulfonamides is 1. The Morgan fingerprint density at radius 1 is 1.25 bits per heavy atom. The molecule has 112 valence electrons. The van der Waals surface area contributed by atoms with Crippen molar-refractivity contribution in [3.8, 4) is 0 Å². The summed E-state index contributed by atoms with van der Waals surface area (Å²) in [5, 5.41) is 19.7. The molecule has 0 aliphatic heterocycles. The molecule has 1 aromatic rings. The molecule has 9 heteroatoms. The SMILES string of the molecule is Cc1nnc(NCCCNS(C)(=O)=O)c(C(=O)O)c1C. The van der Waals surface area contributed by atoms with E-state index < -0.39 is 16.0 Å². The second-order valence-electron chi connectivity index (χ2n) is 4.39. The molecule has 0 radical (unpaired) electrons. The van der Waals surface area contributed by atoms with E-state index in [1.165, 1.54) is 0 Å². The Morgan fingerprint density at radius 3 is 2.45 bits per heavy atom. The zero-order chi connectivity index (χ0) is 15.3. The van der Waals surface area contributed by atoms with Crippen molar-refractivity contribution in [2.24, 2.45) is 0 Å². The van der Waals surface area contributed by atoms with E-state index >= 15 is 0 Å². The van der Waals surface area contributed by atoms with E-state index in [0.29, 0.717) is 24.2 Å². The second-order valence-corrected chi connectivity index (χ2v) is 6.22. The molecule has 0 bridgehead atoms. The topological polar surface area (TPSA) is 121 Å². The molecule has 1 rings (SSSR count).